The highest BCUT2D eigenvalue weighted by Crippen LogP contribution is 2.31. The number of carbonyl (C=O) groups excluding carboxylic acids is 3. The van der Waals surface area contributed by atoms with Crippen LogP contribution in [0, 0.1) is 11.3 Å². The quantitative estimate of drug-likeness (QED) is 0.243. The monoisotopic (exact) mass is 398 g/mol. The first-order chi connectivity index (χ1) is 13.1. The zero-order valence-electron chi connectivity index (χ0n) is 15.1. The third kappa shape index (κ3) is 9.32. The zero-order chi connectivity index (χ0) is 21.7. The van der Waals surface area contributed by atoms with Crippen molar-refractivity contribution >= 4 is 29.8 Å². The molecule has 10 nitrogen and oxygen atoms in total. The van der Waals surface area contributed by atoms with Crippen LogP contribution in [0.25, 0.3) is 0 Å². The van der Waals surface area contributed by atoms with E-state index < -0.39 is 73.8 Å². The lowest BCUT2D eigenvalue weighted by molar-refractivity contribution is -0.161. The van der Waals surface area contributed by atoms with Gasteiger partial charge in [0.05, 0.1) is 17.8 Å². The lowest BCUT2D eigenvalue weighted by atomic mass is 9.79. The molecule has 0 aromatic carbocycles. The van der Waals surface area contributed by atoms with Crippen LogP contribution in [-0.4, -0.2) is 59.9 Å². The molecule has 154 valence electrons. The molecule has 10 heteroatoms. The first-order valence-electron chi connectivity index (χ1n) is 7.91. The van der Waals surface area contributed by atoms with Gasteiger partial charge in [0.2, 0.25) is 0 Å². The highest BCUT2D eigenvalue weighted by molar-refractivity contribution is 5.82. The lowest BCUT2D eigenvalue weighted by Crippen LogP contribution is -2.42. The van der Waals surface area contributed by atoms with Crippen molar-refractivity contribution in [1.82, 2.24) is 0 Å². The van der Waals surface area contributed by atoms with Crippen LogP contribution in [0.2, 0.25) is 0 Å². The molecule has 0 aliphatic rings. The summed E-state index contributed by atoms with van der Waals surface area (Å²) in [4.78, 5) is 56.8. The molecule has 0 saturated carbocycles. The molecular weight excluding hydrogens is 376 g/mol. The second-order valence-electron chi connectivity index (χ2n) is 5.77. The van der Waals surface area contributed by atoms with Crippen molar-refractivity contribution < 1.29 is 48.4 Å². The molecule has 1 atom stereocenters. The van der Waals surface area contributed by atoms with Gasteiger partial charge >= 0.3 is 29.8 Å². The fourth-order valence-electron chi connectivity index (χ4n) is 2.13. The molecule has 0 radical (unpaired) electrons. The van der Waals surface area contributed by atoms with E-state index in [4.69, 9.17) is 19.3 Å². The molecular formula is C18H22O10. The van der Waals surface area contributed by atoms with E-state index in [-0.39, 0.29) is 0 Å². The maximum Gasteiger partial charge on any atom is 0.330 e. The molecule has 0 heterocycles. The molecule has 0 fully saturated rings. The average molecular weight is 398 g/mol. The summed E-state index contributed by atoms with van der Waals surface area (Å²) in [6.45, 7) is 8.07. The van der Waals surface area contributed by atoms with Gasteiger partial charge < -0.3 is 24.4 Å². The number of ether oxygens (including phenoxy) is 3. The Bertz CT molecular complexity index is 589. The zero-order valence-corrected chi connectivity index (χ0v) is 15.1. The molecule has 0 aliphatic carbocycles. The maximum atomic E-state index is 11.5. The van der Waals surface area contributed by atoms with Gasteiger partial charge in [-0.05, 0) is 6.42 Å². The Morgan fingerprint density at radius 2 is 1.14 bits per heavy atom. The van der Waals surface area contributed by atoms with Gasteiger partial charge in [-0.1, -0.05) is 19.7 Å². The minimum absolute atomic E-state index is 0.437. The summed E-state index contributed by atoms with van der Waals surface area (Å²) < 4.78 is 14.8. The molecule has 0 saturated heterocycles. The minimum atomic E-state index is -1.53. The van der Waals surface area contributed by atoms with Crippen LogP contribution in [0.4, 0.5) is 0 Å². The molecule has 0 rings (SSSR count). The van der Waals surface area contributed by atoms with Crippen molar-refractivity contribution in [3.63, 3.8) is 0 Å². The predicted octanol–water partition coefficient (Wildman–Crippen LogP) is 0.726. The van der Waals surface area contributed by atoms with E-state index in [1.165, 1.54) is 0 Å². The molecule has 0 aromatic rings. The fraction of sp³-hybridized carbons (Fsp3) is 0.389. The van der Waals surface area contributed by atoms with E-state index in [9.17, 15) is 29.1 Å². The van der Waals surface area contributed by atoms with Gasteiger partial charge in [-0.3, -0.25) is 9.59 Å². The lowest BCUT2D eigenvalue weighted by Gasteiger charge is -2.33. The van der Waals surface area contributed by atoms with E-state index in [2.05, 4.69) is 19.7 Å². The van der Waals surface area contributed by atoms with Gasteiger partial charge in [0.15, 0.2) is 0 Å². The molecule has 0 bridgehead atoms. The SMILES string of the molecule is C=CC(=O)OCC(COC(=O)C=C)(COC(=O)C=C)CC(CC(=O)O)C(=O)O. The van der Waals surface area contributed by atoms with Crippen molar-refractivity contribution in [2.24, 2.45) is 11.3 Å². The van der Waals surface area contributed by atoms with Crippen molar-refractivity contribution in [3.05, 3.63) is 38.0 Å². The van der Waals surface area contributed by atoms with Gasteiger partial charge in [0.25, 0.3) is 0 Å². The van der Waals surface area contributed by atoms with Crippen LogP contribution < -0.4 is 0 Å². The second-order valence-corrected chi connectivity index (χ2v) is 5.77. The van der Waals surface area contributed by atoms with Gasteiger partial charge in [-0.25, -0.2) is 14.4 Å². The molecule has 28 heavy (non-hydrogen) atoms. The van der Waals surface area contributed by atoms with Gasteiger partial charge in [-0.15, -0.1) is 0 Å². The van der Waals surface area contributed by atoms with Crippen LogP contribution in [0.5, 0.6) is 0 Å². The molecule has 0 aliphatic heterocycles. The Morgan fingerprint density at radius 3 is 1.39 bits per heavy atom. The Morgan fingerprint density at radius 1 is 0.786 bits per heavy atom. The van der Waals surface area contributed by atoms with E-state index in [1.54, 1.807) is 0 Å². The second kappa shape index (κ2) is 12.0. The highest BCUT2D eigenvalue weighted by Gasteiger charge is 2.40. The molecule has 0 aromatic heterocycles. The summed E-state index contributed by atoms with van der Waals surface area (Å²) in [5.41, 5.74) is -1.53. The average Bonchev–Trinajstić information content (AvgIpc) is 2.66. The summed E-state index contributed by atoms with van der Waals surface area (Å²) in [6, 6.07) is 0. The molecule has 2 N–H and O–H groups in total. The Hall–Kier alpha value is -3.43. The first-order valence-corrected chi connectivity index (χ1v) is 7.91. The number of carboxylic acid groups (broad SMARTS) is 2. The number of rotatable bonds is 14. The van der Waals surface area contributed by atoms with Crippen LogP contribution in [-0.2, 0) is 38.2 Å². The van der Waals surface area contributed by atoms with Crippen molar-refractivity contribution in [1.29, 1.82) is 0 Å². The number of hydrogen-bond donors (Lipinski definition) is 2. The predicted molar refractivity (Wildman–Crippen MR) is 93.9 cm³/mol. The summed E-state index contributed by atoms with van der Waals surface area (Å²) >= 11 is 0. The number of esters is 3. The first kappa shape index (κ1) is 24.6. The van der Waals surface area contributed by atoms with E-state index >= 15 is 0 Å². The third-order valence-corrected chi connectivity index (χ3v) is 3.51. The van der Waals surface area contributed by atoms with E-state index in [1.807, 2.05) is 0 Å². The maximum absolute atomic E-state index is 11.5. The summed E-state index contributed by atoms with van der Waals surface area (Å²) in [5, 5.41) is 18.3. The normalized spacial score (nSPS) is 11.4. The smallest absolute Gasteiger partial charge is 0.330 e. The number of aliphatic carboxylic acids is 2. The Balaban J connectivity index is 5.82. The van der Waals surface area contributed by atoms with Gasteiger partial charge in [-0.2, -0.15) is 0 Å². The highest BCUT2D eigenvalue weighted by atomic mass is 16.6. The number of hydrogen-bond acceptors (Lipinski definition) is 8. The van der Waals surface area contributed by atoms with Gasteiger partial charge in [0.1, 0.15) is 19.8 Å². The van der Waals surface area contributed by atoms with Crippen molar-refractivity contribution in [2.75, 3.05) is 19.8 Å². The minimum Gasteiger partial charge on any atom is -0.481 e. The Kier molecular flexibility index (Phi) is 10.6. The third-order valence-electron chi connectivity index (χ3n) is 3.51. The van der Waals surface area contributed by atoms with Crippen LogP contribution in [0.3, 0.4) is 0 Å². The molecule has 0 spiro atoms. The number of carboxylic acids is 2. The van der Waals surface area contributed by atoms with Crippen molar-refractivity contribution in [2.45, 2.75) is 12.8 Å². The summed E-state index contributed by atoms with van der Waals surface area (Å²) in [7, 11) is 0. The topological polar surface area (TPSA) is 154 Å². The Labute approximate surface area is 161 Å². The summed E-state index contributed by atoms with van der Waals surface area (Å²) in [5.74, 6) is -6.84. The van der Waals surface area contributed by atoms with Gasteiger partial charge in [0, 0.05) is 18.2 Å². The number of carbonyl (C=O) groups is 5. The van der Waals surface area contributed by atoms with Crippen LogP contribution >= 0.6 is 0 Å². The van der Waals surface area contributed by atoms with Crippen LogP contribution in [0.15, 0.2) is 38.0 Å². The summed E-state index contributed by atoms with van der Waals surface area (Å²) in [6.07, 6.45) is 1.36. The van der Waals surface area contributed by atoms with Crippen LogP contribution in [0.1, 0.15) is 12.8 Å². The molecule has 0 amide bonds. The fourth-order valence-corrected chi connectivity index (χ4v) is 2.13. The van der Waals surface area contributed by atoms with Crippen molar-refractivity contribution in [3.8, 4) is 0 Å². The largest absolute Gasteiger partial charge is 0.481 e. The van der Waals surface area contributed by atoms with E-state index in [0.717, 1.165) is 18.2 Å². The van der Waals surface area contributed by atoms with E-state index in [0.29, 0.717) is 0 Å². The molecule has 1 unspecified atom stereocenters. The standard InChI is InChI=1S/C18H22O10/c1-4-14(21)26-9-18(10-27-15(22)5-2,11-28-16(23)6-3)8-12(17(24)25)7-13(19)20/h4-6,12H,1-3,7-11H2,(H,19,20)(H,24,25).